The van der Waals surface area contributed by atoms with E-state index in [1.54, 1.807) is 14.0 Å². The number of methoxy groups -OCH3 is 1. The van der Waals surface area contributed by atoms with Crippen molar-refractivity contribution in [2.45, 2.75) is 245 Å². The minimum Gasteiger partial charge on any atom is -0.511 e. The third kappa shape index (κ3) is 11.1. The molecular formula is C61H94O17. The number of rotatable bonds is 10. The summed E-state index contributed by atoms with van der Waals surface area (Å²) >= 11 is 0. The molecule has 4 aliphatic heterocycles. The Hall–Kier alpha value is -2.91. The van der Waals surface area contributed by atoms with Gasteiger partial charge in [-0.2, -0.15) is 0 Å². The SMILES string of the molecule is CC/C1=C\[C@H](CO)C[C@@H](C)C(O[C@H]2C[C@H](O)[C@H](O[C@H]3C[C@H](OC)[C@@H](O[C@H]4C[C@H](O)[C@H](O)[C@@H](C)O4)[C@H](C)O3)[C@@H](C)O2)[C@H](C)CCC[C@]2(C)C=C(C)[C@H](C)C[C@]23OC(=O)/C(=C(/O)[C@@]2(CC)[C@@H]4C(C)C(=O)C[C@H](O)[C@H]4C=C(C)[C@@H]12)C3=O. The molecule has 0 amide bonds. The second-order valence-corrected chi connectivity index (χ2v) is 25.4. The fourth-order valence-electron chi connectivity index (χ4n) is 16.0. The second kappa shape index (κ2) is 24.1. The molecule has 0 aromatic heterocycles. The topological polar surface area (TPSA) is 246 Å². The molecular weight excluding hydrogens is 1000 g/mol. The van der Waals surface area contributed by atoms with Crippen molar-refractivity contribution in [3.63, 3.8) is 0 Å². The average Bonchev–Trinajstić information content (AvgIpc) is 3.79. The first-order valence-corrected chi connectivity index (χ1v) is 29.4. The Morgan fingerprint density at radius 3 is 1.97 bits per heavy atom. The number of esters is 1. The minimum absolute atomic E-state index is 0.0414. The molecule has 2 bridgehead atoms. The molecule has 5 fully saturated rings. The maximum absolute atomic E-state index is 15.7. The molecule has 6 N–H and O–H groups in total. The molecule has 25 atom stereocenters. The summed E-state index contributed by atoms with van der Waals surface area (Å²) in [4.78, 5) is 44.3. The van der Waals surface area contributed by atoms with Gasteiger partial charge in [0.05, 0.1) is 48.8 Å². The second-order valence-electron chi connectivity index (χ2n) is 25.4. The predicted octanol–water partition coefficient (Wildman–Crippen LogP) is 7.28. The summed E-state index contributed by atoms with van der Waals surface area (Å²) in [6.45, 7) is 23.2. The summed E-state index contributed by atoms with van der Waals surface area (Å²) in [5, 5.41) is 68.8. The van der Waals surface area contributed by atoms with Crippen molar-refractivity contribution in [2.24, 2.45) is 58.2 Å². The van der Waals surface area contributed by atoms with Gasteiger partial charge in [-0.25, -0.2) is 4.79 Å². The third-order valence-electron chi connectivity index (χ3n) is 20.3. The van der Waals surface area contributed by atoms with Crippen molar-refractivity contribution in [1.29, 1.82) is 0 Å². The zero-order valence-corrected chi connectivity index (χ0v) is 48.6. The minimum atomic E-state index is -1.62. The van der Waals surface area contributed by atoms with Crippen molar-refractivity contribution < 1.29 is 82.9 Å². The molecule has 4 saturated heterocycles. The van der Waals surface area contributed by atoms with Crippen LogP contribution in [0, 0.1) is 58.2 Å². The lowest BCUT2D eigenvalue weighted by atomic mass is 9.47. The number of ether oxygens (including phenoxy) is 8. The van der Waals surface area contributed by atoms with Crippen molar-refractivity contribution in [3.05, 3.63) is 46.3 Å². The summed E-state index contributed by atoms with van der Waals surface area (Å²) in [6, 6.07) is 0. The van der Waals surface area contributed by atoms with Crippen LogP contribution in [0.2, 0.25) is 0 Å². The van der Waals surface area contributed by atoms with Gasteiger partial charge in [0, 0.05) is 80.3 Å². The summed E-state index contributed by atoms with van der Waals surface area (Å²) in [7, 11) is 1.57. The Bertz CT molecular complexity index is 2290. The molecule has 0 radical (unpaired) electrons. The Balaban J connectivity index is 1.09. The smallest absolute Gasteiger partial charge is 0.346 e. The first kappa shape index (κ1) is 61.2. The lowest BCUT2D eigenvalue weighted by Crippen LogP contribution is -2.57. The first-order valence-electron chi connectivity index (χ1n) is 29.4. The number of fused-ring (bicyclic) bond motifs is 4. The van der Waals surface area contributed by atoms with Crippen LogP contribution in [0.5, 0.6) is 0 Å². The molecule has 0 aromatic rings. The molecule has 1 saturated carbocycles. The van der Waals surface area contributed by atoms with Crippen molar-refractivity contribution in [3.8, 4) is 0 Å². The number of allylic oxidation sites excluding steroid dienone is 4. The zero-order valence-electron chi connectivity index (χ0n) is 48.6. The molecule has 17 heteroatoms. The van der Waals surface area contributed by atoms with Gasteiger partial charge in [-0.3, -0.25) is 9.59 Å². The number of carbonyl (C=O) groups excluding carboxylic acids is 3. The quantitative estimate of drug-likeness (QED) is 0.0715. The number of ketones is 2. The molecule has 1 spiro atoms. The lowest BCUT2D eigenvalue weighted by molar-refractivity contribution is -0.338. The monoisotopic (exact) mass is 1100 g/mol. The van der Waals surface area contributed by atoms with E-state index in [0.29, 0.717) is 32.1 Å². The Kier molecular flexibility index (Phi) is 18.9. The fraction of sp³-hybridized carbons (Fsp3) is 0.820. The van der Waals surface area contributed by atoms with Crippen LogP contribution >= 0.6 is 0 Å². The van der Waals surface area contributed by atoms with Crippen molar-refractivity contribution in [2.75, 3.05) is 13.7 Å². The van der Waals surface area contributed by atoms with Gasteiger partial charge in [0.2, 0.25) is 5.78 Å². The molecule has 8 aliphatic rings. The van der Waals surface area contributed by atoms with Crippen LogP contribution in [-0.2, 0) is 52.3 Å². The maximum atomic E-state index is 15.7. The van der Waals surface area contributed by atoms with E-state index >= 15 is 4.79 Å². The van der Waals surface area contributed by atoms with E-state index in [4.69, 9.17) is 37.9 Å². The highest BCUT2D eigenvalue weighted by atomic mass is 16.7. The summed E-state index contributed by atoms with van der Waals surface area (Å²) in [5.74, 6) is -5.19. The van der Waals surface area contributed by atoms with E-state index in [0.717, 1.165) is 16.7 Å². The Morgan fingerprint density at radius 2 is 1.36 bits per heavy atom. The molecule has 8 rings (SSSR count). The average molecular weight is 1100 g/mol. The number of aliphatic hydroxyl groups is 6. The van der Waals surface area contributed by atoms with E-state index < -0.39 is 144 Å². The first-order chi connectivity index (χ1) is 36.8. The fourth-order valence-corrected chi connectivity index (χ4v) is 16.0. The van der Waals surface area contributed by atoms with Gasteiger partial charge in [-0.05, 0) is 90.4 Å². The molecule has 78 heavy (non-hydrogen) atoms. The Labute approximate surface area is 462 Å². The van der Waals surface area contributed by atoms with Crippen LogP contribution in [0.15, 0.2) is 46.3 Å². The maximum Gasteiger partial charge on any atom is 0.346 e. The highest BCUT2D eigenvalue weighted by molar-refractivity contribution is 6.26. The number of carbonyl (C=O) groups is 3. The molecule has 17 nitrogen and oxygen atoms in total. The van der Waals surface area contributed by atoms with Gasteiger partial charge in [-0.15, -0.1) is 0 Å². The van der Waals surface area contributed by atoms with Gasteiger partial charge < -0.3 is 68.5 Å². The Morgan fingerprint density at radius 1 is 0.744 bits per heavy atom. The van der Waals surface area contributed by atoms with E-state index in [-0.39, 0.29) is 80.0 Å². The van der Waals surface area contributed by atoms with Crippen LogP contribution in [0.1, 0.15) is 154 Å². The highest BCUT2D eigenvalue weighted by Crippen LogP contribution is 2.64. The molecule has 4 heterocycles. The summed E-state index contributed by atoms with van der Waals surface area (Å²) in [6.07, 6.45) is -0.691. The molecule has 0 aromatic carbocycles. The van der Waals surface area contributed by atoms with Crippen LogP contribution in [0.4, 0.5) is 0 Å². The van der Waals surface area contributed by atoms with E-state index in [1.165, 1.54) is 0 Å². The van der Waals surface area contributed by atoms with Crippen LogP contribution < -0.4 is 0 Å². The highest BCUT2D eigenvalue weighted by Gasteiger charge is 2.67. The summed E-state index contributed by atoms with van der Waals surface area (Å²) < 4.78 is 51.0. The molecule has 2 unspecified atom stereocenters. The van der Waals surface area contributed by atoms with E-state index in [2.05, 4.69) is 26.0 Å². The van der Waals surface area contributed by atoms with Gasteiger partial charge in [0.15, 0.2) is 24.5 Å². The lowest BCUT2D eigenvalue weighted by Gasteiger charge is -2.56. The van der Waals surface area contributed by atoms with Crippen molar-refractivity contribution >= 4 is 17.5 Å². The predicted molar refractivity (Wildman–Crippen MR) is 287 cm³/mol. The number of hydrogen-bond acceptors (Lipinski definition) is 17. The number of Topliss-reactive ketones (excluding diaryl/α,β-unsaturated/α-hetero) is 2. The van der Waals surface area contributed by atoms with Gasteiger partial charge >= 0.3 is 5.97 Å². The van der Waals surface area contributed by atoms with Gasteiger partial charge in [-0.1, -0.05) is 89.8 Å². The number of aliphatic hydroxyl groups excluding tert-OH is 6. The molecule has 4 aliphatic carbocycles. The largest absolute Gasteiger partial charge is 0.511 e. The number of hydrogen-bond donors (Lipinski definition) is 6. The van der Waals surface area contributed by atoms with Crippen LogP contribution in [0.25, 0.3) is 0 Å². The van der Waals surface area contributed by atoms with Crippen LogP contribution in [0.3, 0.4) is 0 Å². The van der Waals surface area contributed by atoms with Crippen LogP contribution in [-0.4, -0.2) is 154 Å². The van der Waals surface area contributed by atoms with Gasteiger partial charge in [0.1, 0.15) is 35.4 Å². The van der Waals surface area contributed by atoms with E-state index in [9.17, 15) is 40.2 Å². The van der Waals surface area contributed by atoms with Crippen molar-refractivity contribution in [1.82, 2.24) is 0 Å². The van der Waals surface area contributed by atoms with Gasteiger partial charge in [0.25, 0.3) is 0 Å². The summed E-state index contributed by atoms with van der Waals surface area (Å²) in [5.41, 5.74) is -1.54. The zero-order chi connectivity index (χ0) is 57.1. The normalized spacial score (nSPS) is 49.5. The third-order valence-corrected chi connectivity index (χ3v) is 20.3. The van der Waals surface area contributed by atoms with E-state index in [1.807, 2.05) is 68.4 Å². The molecule has 440 valence electrons. The standard InChI is InChI=1S/C61H94O17/c1-14-39-21-38(28-62)19-31(5)53(75-47-24-44(66)54(36(10)73-47)76-48-25-45(71-13)55(37(11)74-48)77-46-23-43(65)52(67)35(9)72-46)29(3)17-16-18-59(12)26-32(6)33(7)27-61(59)57(69)49(58(70)78-61)56(68)60(15-2)50(39)30(4)20-40-42(64)22-41(63)34(8)51(40)60/h20-21,26,29,31,33-38,40,42-48,50-55,62,64-68H,14-19,22-25,27-28H2,1-13H3/b39-21+,56-49+/t29-,31-,33-,34?,35-,36-,37+,38-,40-,42+,43+,44+,45+,46+,47+,48+,50+,51-,52-,53?,54-,55+,59-,60-,61-/m1/s1.